The van der Waals surface area contributed by atoms with E-state index in [1.807, 2.05) is 0 Å². The molecule has 1 saturated heterocycles. The van der Waals surface area contributed by atoms with Crippen molar-refractivity contribution in [1.29, 1.82) is 0 Å². The van der Waals surface area contributed by atoms with Crippen LogP contribution in [-0.2, 0) is 6.54 Å². The molecule has 118 valence electrons. The van der Waals surface area contributed by atoms with Crippen molar-refractivity contribution in [1.82, 2.24) is 10.2 Å². The van der Waals surface area contributed by atoms with Gasteiger partial charge in [-0.15, -0.1) is 0 Å². The van der Waals surface area contributed by atoms with Crippen molar-refractivity contribution in [3.63, 3.8) is 0 Å². The van der Waals surface area contributed by atoms with Crippen molar-refractivity contribution < 1.29 is 0 Å². The molecule has 0 unspecified atom stereocenters. The fourth-order valence-electron chi connectivity index (χ4n) is 2.96. The van der Waals surface area contributed by atoms with Gasteiger partial charge in [0, 0.05) is 50.5 Å². The summed E-state index contributed by atoms with van der Waals surface area (Å²) < 4.78 is 0. The summed E-state index contributed by atoms with van der Waals surface area (Å²) in [6.45, 7) is 16.7. The summed E-state index contributed by atoms with van der Waals surface area (Å²) in [7, 11) is 0. The van der Waals surface area contributed by atoms with Crippen molar-refractivity contribution in [2.45, 2.75) is 53.2 Å². The molecule has 0 radical (unpaired) electrons. The van der Waals surface area contributed by atoms with E-state index in [9.17, 15) is 0 Å². The fraction of sp³-hybridized carbons (Fsp3) is 0.667. The lowest BCUT2D eigenvalue weighted by Gasteiger charge is -2.39. The van der Waals surface area contributed by atoms with Crippen LogP contribution in [0, 0.1) is 6.92 Å². The molecule has 0 atom stereocenters. The number of rotatable bonds is 5. The third kappa shape index (κ3) is 4.45. The van der Waals surface area contributed by atoms with E-state index in [1.54, 1.807) is 0 Å². The molecule has 1 aliphatic rings. The summed E-state index contributed by atoms with van der Waals surface area (Å²) in [5.41, 5.74) is 4.19. The summed E-state index contributed by atoms with van der Waals surface area (Å²) in [6.07, 6.45) is 0. The largest absolute Gasteiger partial charge is 0.369 e. The van der Waals surface area contributed by atoms with Gasteiger partial charge in [-0.25, -0.2) is 0 Å². The van der Waals surface area contributed by atoms with Gasteiger partial charge in [0.1, 0.15) is 0 Å². The summed E-state index contributed by atoms with van der Waals surface area (Å²) in [6, 6.07) is 8.06. The van der Waals surface area contributed by atoms with Gasteiger partial charge in [-0.1, -0.05) is 31.5 Å². The first kappa shape index (κ1) is 16.3. The quantitative estimate of drug-likeness (QED) is 0.899. The maximum absolute atomic E-state index is 3.56. The minimum Gasteiger partial charge on any atom is -0.369 e. The van der Waals surface area contributed by atoms with Crippen LogP contribution >= 0.6 is 0 Å². The van der Waals surface area contributed by atoms with Crippen LogP contribution in [0.2, 0.25) is 0 Å². The second-order valence-corrected chi connectivity index (χ2v) is 6.78. The summed E-state index contributed by atoms with van der Waals surface area (Å²) >= 11 is 0. The number of hydrogen-bond donors (Lipinski definition) is 1. The Morgan fingerprint density at radius 3 is 2.29 bits per heavy atom. The fourth-order valence-corrected chi connectivity index (χ4v) is 2.96. The Labute approximate surface area is 130 Å². The van der Waals surface area contributed by atoms with Crippen molar-refractivity contribution in [3.05, 3.63) is 29.3 Å². The molecule has 1 heterocycles. The van der Waals surface area contributed by atoms with Crippen LogP contribution in [0.1, 0.15) is 38.8 Å². The highest BCUT2D eigenvalue weighted by molar-refractivity contribution is 5.55. The van der Waals surface area contributed by atoms with Crippen LogP contribution in [-0.4, -0.2) is 43.2 Å². The lowest BCUT2D eigenvalue weighted by atomic mass is 10.1. The number of nitrogens with one attached hydrogen (secondary N) is 1. The minimum atomic E-state index is 0.524. The Hall–Kier alpha value is -1.06. The number of piperazine rings is 1. The molecule has 0 aromatic heterocycles. The Morgan fingerprint density at radius 2 is 1.71 bits per heavy atom. The van der Waals surface area contributed by atoms with Gasteiger partial charge in [-0.3, -0.25) is 4.90 Å². The van der Waals surface area contributed by atoms with Crippen LogP contribution in [0.5, 0.6) is 0 Å². The number of benzene rings is 1. The van der Waals surface area contributed by atoms with Crippen LogP contribution in [0.25, 0.3) is 0 Å². The highest BCUT2D eigenvalue weighted by Gasteiger charge is 2.20. The van der Waals surface area contributed by atoms with E-state index in [1.165, 1.54) is 29.9 Å². The average Bonchev–Trinajstić information content (AvgIpc) is 2.45. The predicted molar refractivity (Wildman–Crippen MR) is 92.1 cm³/mol. The average molecular weight is 289 g/mol. The van der Waals surface area contributed by atoms with Gasteiger partial charge in [0.2, 0.25) is 0 Å². The standard InChI is InChI=1S/C18H31N3/c1-14(2)19-13-17-12-16(5)6-7-18(17)21-10-8-20(9-11-21)15(3)4/h6-7,12,14-15,19H,8-11,13H2,1-5H3. The SMILES string of the molecule is Cc1ccc(N2CCN(C(C)C)CC2)c(CNC(C)C)c1. The molecule has 1 aliphatic heterocycles. The third-order valence-electron chi connectivity index (χ3n) is 4.32. The topological polar surface area (TPSA) is 18.5 Å². The zero-order valence-corrected chi connectivity index (χ0v) is 14.3. The van der Waals surface area contributed by atoms with Crippen LogP contribution in [0.3, 0.4) is 0 Å². The molecule has 0 aliphatic carbocycles. The molecular weight excluding hydrogens is 258 g/mol. The van der Waals surface area contributed by atoms with Crippen molar-refractivity contribution in [2.24, 2.45) is 0 Å². The predicted octanol–water partition coefficient (Wildman–Crippen LogP) is 3.02. The molecule has 0 spiro atoms. The summed E-state index contributed by atoms with van der Waals surface area (Å²) in [5, 5.41) is 3.56. The van der Waals surface area contributed by atoms with Crippen LogP contribution in [0.4, 0.5) is 5.69 Å². The monoisotopic (exact) mass is 289 g/mol. The van der Waals surface area contributed by atoms with E-state index in [0.29, 0.717) is 12.1 Å². The molecule has 21 heavy (non-hydrogen) atoms. The smallest absolute Gasteiger partial charge is 0.0412 e. The van der Waals surface area contributed by atoms with E-state index < -0.39 is 0 Å². The molecule has 0 saturated carbocycles. The maximum atomic E-state index is 3.56. The molecule has 2 rings (SSSR count). The lowest BCUT2D eigenvalue weighted by molar-refractivity contribution is 0.209. The highest BCUT2D eigenvalue weighted by atomic mass is 15.3. The molecule has 0 bridgehead atoms. The zero-order valence-electron chi connectivity index (χ0n) is 14.3. The molecule has 1 fully saturated rings. The van der Waals surface area contributed by atoms with E-state index in [4.69, 9.17) is 0 Å². The number of hydrogen-bond acceptors (Lipinski definition) is 3. The van der Waals surface area contributed by atoms with E-state index >= 15 is 0 Å². The number of aryl methyl sites for hydroxylation is 1. The second kappa shape index (κ2) is 7.28. The molecule has 3 nitrogen and oxygen atoms in total. The maximum Gasteiger partial charge on any atom is 0.0412 e. The zero-order chi connectivity index (χ0) is 15.4. The number of anilines is 1. The first-order valence-electron chi connectivity index (χ1n) is 8.29. The van der Waals surface area contributed by atoms with E-state index in [0.717, 1.165) is 19.6 Å². The Kier molecular flexibility index (Phi) is 5.65. The summed E-state index contributed by atoms with van der Waals surface area (Å²) in [5.74, 6) is 0. The van der Waals surface area contributed by atoms with Gasteiger partial charge in [0.25, 0.3) is 0 Å². The first-order chi connectivity index (χ1) is 9.97. The van der Waals surface area contributed by atoms with Gasteiger partial charge in [0.15, 0.2) is 0 Å². The third-order valence-corrected chi connectivity index (χ3v) is 4.32. The molecule has 1 aromatic rings. The highest BCUT2D eigenvalue weighted by Crippen LogP contribution is 2.24. The van der Waals surface area contributed by atoms with Crippen molar-refractivity contribution in [2.75, 3.05) is 31.1 Å². The Bertz CT molecular complexity index is 446. The lowest BCUT2D eigenvalue weighted by Crippen LogP contribution is -2.49. The van der Waals surface area contributed by atoms with Gasteiger partial charge in [0.05, 0.1) is 0 Å². The van der Waals surface area contributed by atoms with Crippen molar-refractivity contribution in [3.8, 4) is 0 Å². The normalized spacial score (nSPS) is 17.0. The first-order valence-corrected chi connectivity index (χ1v) is 8.29. The second-order valence-electron chi connectivity index (χ2n) is 6.78. The van der Waals surface area contributed by atoms with Gasteiger partial charge < -0.3 is 10.2 Å². The Balaban J connectivity index is 2.08. The Morgan fingerprint density at radius 1 is 1.05 bits per heavy atom. The van der Waals surface area contributed by atoms with Crippen LogP contribution < -0.4 is 10.2 Å². The van der Waals surface area contributed by atoms with Gasteiger partial charge in [-0.2, -0.15) is 0 Å². The van der Waals surface area contributed by atoms with Crippen LogP contribution in [0.15, 0.2) is 18.2 Å². The molecular formula is C18H31N3. The minimum absolute atomic E-state index is 0.524. The molecule has 1 N–H and O–H groups in total. The van der Waals surface area contributed by atoms with E-state index in [-0.39, 0.29) is 0 Å². The van der Waals surface area contributed by atoms with Gasteiger partial charge in [-0.05, 0) is 32.4 Å². The molecule has 1 aromatic carbocycles. The summed E-state index contributed by atoms with van der Waals surface area (Å²) in [4.78, 5) is 5.12. The number of nitrogens with zero attached hydrogens (tertiary/aromatic N) is 2. The molecule has 3 heteroatoms. The van der Waals surface area contributed by atoms with E-state index in [2.05, 4.69) is 67.9 Å². The van der Waals surface area contributed by atoms with Gasteiger partial charge >= 0.3 is 0 Å². The molecule has 0 amide bonds. The van der Waals surface area contributed by atoms with Crippen molar-refractivity contribution >= 4 is 5.69 Å².